The van der Waals surface area contributed by atoms with Gasteiger partial charge in [0, 0.05) is 44.0 Å². The van der Waals surface area contributed by atoms with E-state index in [4.69, 9.17) is 0 Å². The van der Waals surface area contributed by atoms with Crippen LogP contribution in [0.25, 0.3) is 11.0 Å². The van der Waals surface area contributed by atoms with Crippen molar-refractivity contribution in [3.8, 4) is 0 Å². The minimum atomic E-state index is -0.117. The quantitative estimate of drug-likeness (QED) is 0.539. The lowest BCUT2D eigenvalue weighted by molar-refractivity contribution is 0.0954. The van der Waals surface area contributed by atoms with E-state index in [1.165, 1.54) is 5.56 Å². The lowest BCUT2D eigenvalue weighted by atomic mass is 10.2. The van der Waals surface area contributed by atoms with Gasteiger partial charge in [0.1, 0.15) is 11.3 Å². The zero-order chi connectivity index (χ0) is 19.3. The van der Waals surface area contributed by atoms with Crippen molar-refractivity contribution in [2.24, 2.45) is 0 Å². The highest BCUT2D eigenvalue weighted by molar-refractivity contribution is 5.97. The summed E-state index contributed by atoms with van der Waals surface area (Å²) in [6, 6.07) is 15.7. The number of fused-ring (bicyclic) bond motifs is 1. The third kappa shape index (κ3) is 3.78. The second-order valence-corrected chi connectivity index (χ2v) is 6.57. The summed E-state index contributed by atoms with van der Waals surface area (Å²) in [7, 11) is 0. The molecule has 0 unspecified atom stereocenters. The Balaban J connectivity index is 1.37. The molecule has 0 radical (unpaired) electrons. The minimum Gasteiger partial charge on any atom is -0.352 e. The molecule has 0 atom stereocenters. The molecule has 2 heterocycles. The zero-order valence-electron chi connectivity index (χ0n) is 15.7. The molecule has 2 aromatic heterocycles. The molecule has 0 aliphatic carbocycles. The lowest BCUT2D eigenvalue weighted by Crippen LogP contribution is -2.26. The SMILES string of the molecule is CCn1nnc2cc(C(=O)NCCc3nccn3Cc3ccccc3)ccc21. The molecule has 0 fully saturated rings. The number of carbonyl (C=O) groups is 1. The summed E-state index contributed by atoms with van der Waals surface area (Å²) in [4.78, 5) is 16.9. The number of rotatable bonds is 7. The van der Waals surface area contributed by atoms with Gasteiger partial charge < -0.3 is 9.88 Å². The van der Waals surface area contributed by atoms with Crippen molar-refractivity contribution >= 4 is 16.9 Å². The molecular formula is C21H22N6O. The third-order valence-electron chi connectivity index (χ3n) is 4.71. The van der Waals surface area contributed by atoms with Crippen LogP contribution in [0.15, 0.2) is 60.9 Å². The molecule has 4 aromatic rings. The Morgan fingerprint density at radius 3 is 2.82 bits per heavy atom. The van der Waals surface area contributed by atoms with Crippen LogP contribution in [0, 0.1) is 0 Å². The van der Waals surface area contributed by atoms with Crippen molar-refractivity contribution in [3.05, 3.63) is 77.9 Å². The van der Waals surface area contributed by atoms with Crippen LogP contribution in [0.3, 0.4) is 0 Å². The number of benzene rings is 2. The topological polar surface area (TPSA) is 77.6 Å². The molecule has 0 spiro atoms. The first kappa shape index (κ1) is 17.9. The first-order valence-electron chi connectivity index (χ1n) is 9.40. The zero-order valence-corrected chi connectivity index (χ0v) is 15.7. The number of aryl methyl sites for hydroxylation is 1. The maximum atomic E-state index is 12.5. The van der Waals surface area contributed by atoms with Gasteiger partial charge in [0.05, 0.1) is 5.52 Å². The van der Waals surface area contributed by atoms with Crippen LogP contribution in [0.5, 0.6) is 0 Å². The molecule has 0 saturated carbocycles. The van der Waals surface area contributed by atoms with Crippen LogP contribution in [0.1, 0.15) is 28.7 Å². The van der Waals surface area contributed by atoms with Crippen LogP contribution < -0.4 is 5.32 Å². The fourth-order valence-electron chi connectivity index (χ4n) is 3.23. The molecule has 1 N–H and O–H groups in total. The number of amides is 1. The second kappa shape index (κ2) is 8.04. The Morgan fingerprint density at radius 1 is 1.14 bits per heavy atom. The highest BCUT2D eigenvalue weighted by Gasteiger charge is 2.10. The van der Waals surface area contributed by atoms with Gasteiger partial charge in [0.2, 0.25) is 0 Å². The average molecular weight is 374 g/mol. The molecule has 0 saturated heterocycles. The smallest absolute Gasteiger partial charge is 0.251 e. The normalized spacial score (nSPS) is 11.0. The summed E-state index contributed by atoms with van der Waals surface area (Å²) >= 11 is 0. The molecule has 4 rings (SSSR count). The van der Waals surface area contributed by atoms with E-state index in [-0.39, 0.29) is 5.91 Å². The molecule has 1 amide bonds. The summed E-state index contributed by atoms with van der Waals surface area (Å²) < 4.78 is 3.92. The van der Waals surface area contributed by atoms with Gasteiger partial charge in [-0.15, -0.1) is 5.10 Å². The van der Waals surface area contributed by atoms with Crippen molar-refractivity contribution in [2.75, 3.05) is 6.54 Å². The number of carbonyl (C=O) groups excluding carboxylic acids is 1. The number of nitrogens with zero attached hydrogens (tertiary/aromatic N) is 5. The highest BCUT2D eigenvalue weighted by Crippen LogP contribution is 2.13. The van der Waals surface area contributed by atoms with E-state index in [1.54, 1.807) is 12.3 Å². The van der Waals surface area contributed by atoms with E-state index in [9.17, 15) is 4.79 Å². The predicted molar refractivity (Wildman–Crippen MR) is 107 cm³/mol. The van der Waals surface area contributed by atoms with Gasteiger partial charge in [-0.25, -0.2) is 9.67 Å². The Morgan fingerprint density at radius 2 is 2.00 bits per heavy atom. The third-order valence-corrected chi connectivity index (χ3v) is 4.71. The number of aromatic nitrogens is 5. The van der Waals surface area contributed by atoms with Crippen LogP contribution >= 0.6 is 0 Å². The van der Waals surface area contributed by atoms with Crippen molar-refractivity contribution in [3.63, 3.8) is 0 Å². The second-order valence-electron chi connectivity index (χ2n) is 6.57. The molecule has 7 heteroatoms. The summed E-state index contributed by atoms with van der Waals surface area (Å²) in [5.41, 5.74) is 3.47. The molecular weight excluding hydrogens is 352 g/mol. The van der Waals surface area contributed by atoms with Crippen molar-refractivity contribution in [2.45, 2.75) is 26.4 Å². The van der Waals surface area contributed by atoms with Crippen molar-refractivity contribution in [1.82, 2.24) is 29.9 Å². The Bertz CT molecular complexity index is 1080. The first-order chi connectivity index (χ1) is 13.7. The van der Waals surface area contributed by atoms with E-state index in [0.717, 1.165) is 29.9 Å². The van der Waals surface area contributed by atoms with Gasteiger partial charge in [-0.05, 0) is 30.7 Å². The summed E-state index contributed by atoms with van der Waals surface area (Å²) in [5.74, 6) is 0.833. The molecule has 142 valence electrons. The standard InChI is InChI=1S/C21H22N6O/c1-2-27-19-9-8-17(14-18(19)24-25-27)21(28)23-11-10-20-22-12-13-26(20)15-16-6-4-3-5-7-16/h3-9,12-14H,2,10-11,15H2,1H3,(H,23,28). The van der Waals surface area contributed by atoms with E-state index < -0.39 is 0 Å². The monoisotopic (exact) mass is 374 g/mol. The summed E-state index contributed by atoms with van der Waals surface area (Å²) in [6.07, 6.45) is 4.43. The fourth-order valence-corrected chi connectivity index (χ4v) is 3.23. The van der Waals surface area contributed by atoms with Crippen LogP contribution in [-0.4, -0.2) is 37.0 Å². The van der Waals surface area contributed by atoms with Crippen molar-refractivity contribution in [1.29, 1.82) is 0 Å². The molecule has 28 heavy (non-hydrogen) atoms. The molecule has 0 bridgehead atoms. The van der Waals surface area contributed by atoms with E-state index in [0.29, 0.717) is 18.5 Å². The summed E-state index contributed by atoms with van der Waals surface area (Å²) in [6.45, 7) is 4.05. The Kier molecular flexibility index (Phi) is 5.14. The van der Waals surface area contributed by atoms with E-state index in [2.05, 4.69) is 37.3 Å². The van der Waals surface area contributed by atoms with Crippen LogP contribution in [0.4, 0.5) is 0 Å². The Hall–Kier alpha value is -3.48. The number of imidazole rings is 1. The predicted octanol–water partition coefficient (Wildman–Crippen LogP) is 2.67. The Labute approximate surface area is 163 Å². The molecule has 2 aromatic carbocycles. The van der Waals surface area contributed by atoms with E-state index in [1.807, 2.05) is 48.1 Å². The highest BCUT2D eigenvalue weighted by atomic mass is 16.1. The van der Waals surface area contributed by atoms with Crippen LogP contribution in [0.2, 0.25) is 0 Å². The minimum absolute atomic E-state index is 0.117. The average Bonchev–Trinajstić information content (AvgIpc) is 3.34. The largest absolute Gasteiger partial charge is 0.352 e. The van der Waals surface area contributed by atoms with Crippen molar-refractivity contribution < 1.29 is 4.79 Å². The maximum absolute atomic E-state index is 12.5. The van der Waals surface area contributed by atoms with Gasteiger partial charge in [0.15, 0.2) is 0 Å². The van der Waals surface area contributed by atoms with Crippen LogP contribution in [-0.2, 0) is 19.5 Å². The number of nitrogens with one attached hydrogen (secondary N) is 1. The lowest BCUT2D eigenvalue weighted by Gasteiger charge is -2.09. The number of hydrogen-bond donors (Lipinski definition) is 1. The summed E-state index contributed by atoms with van der Waals surface area (Å²) in [5, 5.41) is 11.2. The number of hydrogen-bond acceptors (Lipinski definition) is 4. The fraction of sp³-hybridized carbons (Fsp3) is 0.238. The van der Waals surface area contributed by atoms with Gasteiger partial charge in [0.25, 0.3) is 5.91 Å². The molecule has 0 aliphatic heterocycles. The van der Waals surface area contributed by atoms with Gasteiger partial charge >= 0.3 is 0 Å². The molecule has 7 nitrogen and oxygen atoms in total. The first-order valence-corrected chi connectivity index (χ1v) is 9.40. The van der Waals surface area contributed by atoms with E-state index >= 15 is 0 Å². The van der Waals surface area contributed by atoms with Gasteiger partial charge in [-0.3, -0.25) is 4.79 Å². The molecule has 0 aliphatic rings. The van der Waals surface area contributed by atoms with Gasteiger partial charge in [-0.2, -0.15) is 0 Å². The maximum Gasteiger partial charge on any atom is 0.251 e. The van der Waals surface area contributed by atoms with Gasteiger partial charge in [-0.1, -0.05) is 35.5 Å².